The Bertz CT molecular complexity index is 886. The fraction of sp³-hybridized carbons (Fsp3) is 0.222. The quantitative estimate of drug-likeness (QED) is 0.770. The van der Waals surface area contributed by atoms with E-state index >= 15 is 0 Å². The number of aromatic amines is 1. The van der Waals surface area contributed by atoms with Crippen LogP contribution in [0.15, 0.2) is 47.1 Å². The van der Waals surface area contributed by atoms with E-state index in [4.69, 9.17) is 16.0 Å². The van der Waals surface area contributed by atoms with E-state index in [0.717, 1.165) is 23.2 Å². The number of H-pyrrole nitrogens is 1. The summed E-state index contributed by atoms with van der Waals surface area (Å²) < 4.78 is 5.51. The molecule has 0 saturated carbocycles. The standard InChI is InChI=1S/C18H16ClN3O2/c1-2-9-22-17(11-6-3-4-7-12(11)19)14-15(13-8-5-10-24-13)20-21-16(14)18(22)23/h3-8,10,17H,2,9H2,1H3,(H,20,21)/t17-/m0/s1. The van der Waals surface area contributed by atoms with Gasteiger partial charge >= 0.3 is 0 Å². The first-order chi connectivity index (χ1) is 11.7. The van der Waals surface area contributed by atoms with Crippen molar-refractivity contribution in [3.8, 4) is 11.5 Å². The number of carbonyl (C=O) groups excluding carboxylic acids is 1. The summed E-state index contributed by atoms with van der Waals surface area (Å²) >= 11 is 6.44. The van der Waals surface area contributed by atoms with E-state index in [-0.39, 0.29) is 11.9 Å². The monoisotopic (exact) mass is 341 g/mol. The zero-order chi connectivity index (χ0) is 16.7. The van der Waals surface area contributed by atoms with Gasteiger partial charge in [-0.25, -0.2) is 0 Å². The number of amides is 1. The van der Waals surface area contributed by atoms with Gasteiger partial charge in [0.2, 0.25) is 0 Å². The van der Waals surface area contributed by atoms with Crippen LogP contribution in [-0.4, -0.2) is 27.5 Å². The average Bonchev–Trinajstić information content (AvgIpc) is 3.28. The Morgan fingerprint density at radius 2 is 2.12 bits per heavy atom. The summed E-state index contributed by atoms with van der Waals surface area (Å²) in [5, 5.41) is 7.84. The Hall–Kier alpha value is -2.53. The molecule has 0 saturated heterocycles. The third-order valence-corrected chi connectivity index (χ3v) is 4.63. The molecule has 3 heterocycles. The fourth-order valence-corrected chi connectivity index (χ4v) is 3.53. The van der Waals surface area contributed by atoms with Crippen LogP contribution in [0.1, 0.15) is 41.0 Å². The van der Waals surface area contributed by atoms with Crippen LogP contribution in [-0.2, 0) is 0 Å². The summed E-state index contributed by atoms with van der Waals surface area (Å²) in [4.78, 5) is 14.7. The number of fused-ring (bicyclic) bond motifs is 1. The van der Waals surface area contributed by atoms with Gasteiger partial charge in [0.05, 0.1) is 12.3 Å². The lowest BCUT2D eigenvalue weighted by molar-refractivity contribution is 0.0744. The van der Waals surface area contributed by atoms with Gasteiger partial charge in [0.25, 0.3) is 5.91 Å². The predicted molar refractivity (Wildman–Crippen MR) is 90.9 cm³/mol. The van der Waals surface area contributed by atoms with E-state index < -0.39 is 0 Å². The minimum absolute atomic E-state index is 0.0779. The summed E-state index contributed by atoms with van der Waals surface area (Å²) in [7, 11) is 0. The molecule has 6 heteroatoms. The van der Waals surface area contributed by atoms with E-state index in [9.17, 15) is 4.79 Å². The zero-order valence-corrected chi connectivity index (χ0v) is 13.9. The maximum absolute atomic E-state index is 12.8. The van der Waals surface area contributed by atoms with Gasteiger partial charge in [-0.1, -0.05) is 36.7 Å². The average molecular weight is 342 g/mol. The van der Waals surface area contributed by atoms with E-state index in [0.29, 0.717) is 23.0 Å². The van der Waals surface area contributed by atoms with Crippen molar-refractivity contribution in [3.63, 3.8) is 0 Å². The van der Waals surface area contributed by atoms with Crippen molar-refractivity contribution < 1.29 is 9.21 Å². The summed E-state index contributed by atoms with van der Waals surface area (Å²) in [5.41, 5.74) is 2.90. The maximum Gasteiger partial charge on any atom is 0.275 e. The molecule has 4 rings (SSSR count). The molecule has 1 aromatic carbocycles. The summed E-state index contributed by atoms with van der Waals surface area (Å²) in [6.07, 6.45) is 2.46. The minimum Gasteiger partial charge on any atom is -0.463 e. The number of hydrogen-bond acceptors (Lipinski definition) is 3. The van der Waals surface area contributed by atoms with Crippen LogP contribution in [0.25, 0.3) is 11.5 Å². The lowest BCUT2D eigenvalue weighted by atomic mass is 9.98. The van der Waals surface area contributed by atoms with Crippen molar-refractivity contribution in [1.29, 1.82) is 0 Å². The van der Waals surface area contributed by atoms with Crippen molar-refractivity contribution in [3.05, 3.63) is 64.5 Å². The van der Waals surface area contributed by atoms with Crippen molar-refractivity contribution in [2.45, 2.75) is 19.4 Å². The first-order valence-electron chi connectivity index (χ1n) is 7.90. The molecular formula is C18H16ClN3O2. The van der Waals surface area contributed by atoms with Crippen LogP contribution in [0, 0.1) is 0 Å². The largest absolute Gasteiger partial charge is 0.463 e. The van der Waals surface area contributed by atoms with Gasteiger partial charge in [-0.2, -0.15) is 5.10 Å². The summed E-state index contributed by atoms with van der Waals surface area (Å²) in [6.45, 7) is 2.69. The lowest BCUT2D eigenvalue weighted by Gasteiger charge is -2.26. The van der Waals surface area contributed by atoms with Crippen molar-refractivity contribution >= 4 is 17.5 Å². The molecule has 2 aromatic heterocycles. The highest BCUT2D eigenvalue weighted by Gasteiger charge is 2.43. The number of aromatic nitrogens is 2. The smallest absolute Gasteiger partial charge is 0.275 e. The second kappa shape index (κ2) is 5.83. The SMILES string of the molecule is CCCN1C(=O)c2n[nH]c(-c3ccco3)c2[C@@H]1c1ccccc1Cl. The van der Waals surface area contributed by atoms with Gasteiger partial charge in [0.1, 0.15) is 5.69 Å². The number of carbonyl (C=O) groups is 1. The molecule has 1 aliphatic rings. The Kier molecular flexibility index (Phi) is 3.65. The van der Waals surface area contributed by atoms with Crippen molar-refractivity contribution in [2.75, 3.05) is 6.54 Å². The minimum atomic E-state index is -0.264. The molecule has 122 valence electrons. The highest BCUT2D eigenvalue weighted by atomic mass is 35.5. The van der Waals surface area contributed by atoms with Gasteiger partial charge in [-0.15, -0.1) is 0 Å². The first kappa shape index (κ1) is 15.0. The molecule has 0 bridgehead atoms. The third kappa shape index (κ3) is 2.16. The van der Waals surface area contributed by atoms with Crippen molar-refractivity contribution in [1.82, 2.24) is 15.1 Å². The first-order valence-corrected chi connectivity index (χ1v) is 8.27. The van der Waals surface area contributed by atoms with Crippen LogP contribution < -0.4 is 0 Å². The molecule has 3 aromatic rings. The molecule has 0 spiro atoms. The summed E-state index contributed by atoms with van der Waals surface area (Å²) in [5.74, 6) is 0.581. The van der Waals surface area contributed by atoms with Crippen LogP contribution in [0.3, 0.4) is 0 Å². The molecule has 1 amide bonds. The Labute approximate surface area is 144 Å². The van der Waals surface area contributed by atoms with Gasteiger partial charge in [-0.05, 0) is 30.2 Å². The topological polar surface area (TPSA) is 62.1 Å². The molecule has 1 aliphatic heterocycles. The second-order valence-electron chi connectivity index (χ2n) is 5.76. The molecule has 0 unspecified atom stereocenters. The van der Waals surface area contributed by atoms with Crippen LogP contribution in [0.5, 0.6) is 0 Å². The molecule has 1 N–H and O–H groups in total. The van der Waals surface area contributed by atoms with Gasteiger partial charge < -0.3 is 9.32 Å². The van der Waals surface area contributed by atoms with E-state index in [1.54, 1.807) is 6.26 Å². The number of hydrogen-bond donors (Lipinski definition) is 1. The Balaban J connectivity index is 1.93. The van der Waals surface area contributed by atoms with Crippen LogP contribution in [0.4, 0.5) is 0 Å². The molecule has 5 nitrogen and oxygen atoms in total. The van der Waals surface area contributed by atoms with E-state index in [2.05, 4.69) is 10.2 Å². The van der Waals surface area contributed by atoms with Crippen LogP contribution in [0.2, 0.25) is 5.02 Å². The number of nitrogens with one attached hydrogen (secondary N) is 1. The summed E-state index contributed by atoms with van der Waals surface area (Å²) in [6, 6.07) is 11.0. The number of furan rings is 1. The molecule has 1 atom stereocenters. The maximum atomic E-state index is 12.8. The van der Waals surface area contributed by atoms with Crippen molar-refractivity contribution in [2.24, 2.45) is 0 Å². The van der Waals surface area contributed by atoms with Gasteiger partial charge in [0, 0.05) is 17.1 Å². The highest BCUT2D eigenvalue weighted by molar-refractivity contribution is 6.31. The number of halogens is 1. The number of benzene rings is 1. The van der Waals surface area contributed by atoms with Gasteiger partial charge in [0.15, 0.2) is 11.5 Å². The Morgan fingerprint density at radius 3 is 2.83 bits per heavy atom. The zero-order valence-electron chi connectivity index (χ0n) is 13.1. The van der Waals surface area contributed by atoms with Crippen LogP contribution >= 0.6 is 11.6 Å². The third-order valence-electron chi connectivity index (χ3n) is 4.28. The molecule has 0 aliphatic carbocycles. The predicted octanol–water partition coefficient (Wildman–Crippen LogP) is 4.28. The molecular weight excluding hydrogens is 326 g/mol. The Morgan fingerprint density at radius 1 is 1.29 bits per heavy atom. The second-order valence-corrected chi connectivity index (χ2v) is 6.17. The fourth-order valence-electron chi connectivity index (χ4n) is 3.29. The van der Waals surface area contributed by atoms with E-state index in [1.807, 2.05) is 48.2 Å². The van der Waals surface area contributed by atoms with Gasteiger partial charge in [-0.3, -0.25) is 9.89 Å². The van der Waals surface area contributed by atoms with E-state index in [1.165, 1.54) is 0 Å². The molecule has 0 radical (unpaired) electrons. The number of rotatable bonds is 4. The lowest BCUT2D eigenvalue weighted by Crippen LogP contribution is -2.30. The normalized spacial score (nSPS) is 16.7. The highest BCUT2D eigenvalue weighted by Crippen LogP contribution is 2.44. The molecule has 0 fully saturated rings. The molecule has 24 heavy (non-hydrogen) atoms. The number of nitrogens with zero attached hydrogens (tertiary/aromatic N) is 2.